The fourth-order valence-corrected chi connectivity index (χ4v) is 3.21. The molecule has 27 heavy (non-hydrogen) atoms. The van der Waals surface area contributed by atoms with Gasteiger partial charge < -0.3 is 10.2 Å². The Morgan fingerprint density at radius 1 is 1.04 bits per heavy atom. The first kappa shape index (κ1) is 21.2. The number of nitrogens with zero attached hydrogens (tertiary/aromatic N) is 2. The molecule has 3 rings (SSSR count). The molecule has 1 aliphatic heterocycles. The molecule has 0 radical (unpaired) electrons. The molecule has 144 valence electrons. The minimum Gasteiger partial charge on any atom is -0.369 e. The van der Waals surface area contributed by atoms with E-state index in [1.54, 1.807) is 24.3 Å². The summed E-state index contributed by atoms with van der Waals surface area (Å²) in [5, 5.41) is 3.62. The molecule has 0 spiro atoms. The number of nitrogens with one attached hydrogen (secondary N) is 1. The molecule has 0 atom stereocenters. The van der Waals surface area contributed by atoms with Crippen molar-refractivity contribution in [3.8, 4) is 0 Å². The molecule has 1 amide bonds. The van der Waals surface area contributed by atoms with Gasteiger partial charge in [-0.1, -0.05) is 17.7 Å². The summed E-state index contributed by atoms with van der Waals surface area (Å²) in [4.78, 5) is 27.9. The van der Waals surface area contributed by atoms with Crippen molar-refractivity contribution in [3.05, 3.63) is 59.1 Å². The highest BCUT2D eigenvalue weighted by atomic mass is 35.5. The first-order valence-corrected chi connectivity index (χ1v) is 9.03. The number of hydrogen-bond donors (Lipinski definition) is 1. The fourth-order valence-electron chi connectivity index (χ4n) is 3.03. The van der Waals surface area contributed by atoms with Gasteiger partial charge >= 0.3 is 0 Å². The normalized spacial score (nSPS) is 14.4. The smallest absolute Gasteiger partial charge is 0.238 e. The van der Waals surface area contributed by atoms with Gasteiger partial charge in [-0.2, -0.15) is 0 Å². The zero-order chi connectivity index (χ0) is 18.5. The van der Waals surface area contributed by atoms with Crippen LogP contribution in [-0.2, 0) is 4.79 Å². The van der Waals surface area contributed by atoms with E-state index in [0.29, 0.717) is 17.8 Å². The summed E-state index contributed by atoms with van der Waals surface area (Å²) >= 11 is 6.06. The van der Waals surface area contributed by atoms with Gasteiger partial charge in [0.15, 0.2) is 5.78 Å². The number of rotatable bonds is 5. The molecule has 0 saturated carbocycles. The summed E-state index contributed by atoms with van der Waals surface area (Å²) in [5.74, 6) is -0.0303. The molecular formula is C20H23Cl2N3O2. The zero-order valence-corrected chi connectivity index (χ0v) is 16.7. The maximum absolute atomic E-state index is 12.2. The topological polar surface area (TPSA) is 52.7 Å². The van der Waals surface area contributed by atoms with Crippen LogP contribution in [0.3, 0.4) is 0 Å². The van der Waals surface area contributed by atoms with E-state index in [1.165, 1.54) is 6.92 Å². The van der Waals surface area contributed by atoms with Gasteiger partial charge in [0.25, 0.3) is 0 Å². The number of carbonyl (C=O) groups excluding carboxylic acids is 2. The predicted molar refractivity (Wildman–Crippen MR) is 112 cm³/mol. The van der Waals surface area contributed by atoms with Gasteiger partial charge in [-0.25, -0.2) is 0 Å². The second-order valence-electron chi connectivity index (χ2n) is 6.42. The fraction of sp³-hybridized carbons (Fsp3) is 0.300. The van der Waals surface area contributed by atoms with Crippen molar-refractivity contribution in [1.29, 1.82) is 0 Å². The summed E-state index contributed by atoms with van der Waals surface area (Å²) in [6.45, 7) is 5.25. The number of benzene rings is 2. The molecule has 0 bridgehead atoms. The van der Waals surface area contributed by atoms with Gasteiger partial charge in [-0.15, -0.1) is 12.4 Å². The molecule has 2 aromatic rings. The number of piperazine rings is 1. The number of amides is 1. The van der Waals surface area contributed by atoms with E-state index in [1.807, 2.05) is 18.2 Å². The average molecular weight is 408 g/mol. The molecule has 0 aromatic heterocycles. The van der Waals surface area contributed by atoms with E-state index in [9.17, 15) is 9.59 Å². The molecular weight excluding hydrogens is 385 g/mol. The lowest BCUT2D eigenvalue weighted by atomic mass is 10.1. The van der Waals surface area contributed by atoms with Gasteiger partial charge in [0.1, 0.15) is 0 Å². The molecule has 0 aliphatic carbocycles. The highest BCUT2D eigenvalue weighted by molar-refractivity contribution is 6.30. The first-order chi connectivity index (χ1) is 12.5. The lowest BCUT2D eigenvalue weighted by molar-refractivity contribution is -0.117. The third-order valence-electron chi connectivity index (χ3n) is 4.49. The third kappa shape index (κ3) is 5.96. The van der Waals surface area contributed by atoms with Crippen molar-refractivity contribution >= 4 is 47.1 Å². The third-order valence-corrected chi connectivity index (χ3v) is 4.72. The molecule has 1 saturated heterocycles. The Morgan fingerprint density at radius 2 is 1.70 bits per heavy atom. The molecule has 1 heterocycles. The Balaban J connectivity index is 0.00000261. The van der Waals surface area contributed by atoms with Crippen LogP contribution in [0.1, 0.15) is 17.3 Å². The van der Waals surface area contributed by atoms with Crippen LogP contribution in [0.4, 0.5) is 11.4 Å². The van der Waals surface area contributed by atoms with Crippen molar-refractivity contribution < 1.29 is 9.59 Å². The molecule has 1 fully saturated rings. The Morgan fingerprint density at radius 3 is 2.30 bits per heavy atom. The predicted octanol–water partition coefficient (Wildman–Crippen LogP) is 3.73. The largest absolute Gasteiger partial charge is 0.369 e. The maximum atomic E-state index is 12.2. The lowest BCUT2D eigenvalue weighted by Crippen LogP contribution is -2.48. The van der Waals surface area contributed by atoms with E-state index in [0.717, 1.165) is 36.9 Å². The van der Waals surface area contributed by atoms with Crippen LogP contribution in [0, 0.1) is 0 Å². The second-order valence-corrected chi connectivity index (χ2v) is 6.86. The molecule has 7 heteroatoms. The van der Waals surface area contributed by atoms with Crippen molar-refractivity contribution in [2.24, 2.45) is 0 Å². The van der Waals surface area contributed by atoms with Crippen molar-refractivity contribution in [2.45, 2.75) is 6.92 Å². The number of halogens is 2. The number of carbonyl (C=O) groups is 2. The van der Waals surface area contributed by atoms with E-state index >= 15 is 0 Å². The van der Waals surface area contributed by atoms with Crippen molar-refractivity contribution in [1.82, 2.24) is 4.90 Å². The quantitative estimate of drug-likeness (QED) is 0.767. The van der Waals surface area contributed by atoms with Crippen LogP contribution >= 0.6 is 24.0 Å². The number of ketones is 1. The highest BCUT2D eigenvalue weighted by Gasteiger charge is 2.19. The summed E-state index contributed by atoms with van der Waals surface area (Å²) in [5.41, 5.74) is 2.46. The SMILES string of the molecule is CC(=O)c1ccc(NC(=O)CN2CCN(c3cccc(Cl)c3)CC2)cc1.Cl. The van der Waals surface area contributed by atoms with Crippen LogP contribution in [0.2, 0.25) is 5.02 Å². The van der Waals surface area contributed by atoms with Crippen LogP contribution < -0.4 is 10.2 Å². The van der Waals surface area contributed by atoms with Gasteiger partial charge in [0, 0.05) is 48.1 Å². The Hall–Kier alpha value is -2.08. The maximum Gasteiger partial charge on any atom is 0.238 e. The lowest BCUT2D eigenvalue weighted by Gasteiger charge is -2.35. The average Bonchev–Trinajstić information content (AvgIpc) is 2.62. The molecule has 1 aliphatic rings. The Kier molecular flexibility index (Phi) is 7.66. The standard InChI is InChI=1S/C20H22ClN3O2.ClH/c1-15(25)16-5-7-18(8-6-16)22-20(26)14-23-9-11-24(12-10-23)19-4-2-3-17(21)13-19;/h2-8,13H,9-12,14H2,1H3,(H,22,26);1H. The van der Waals surface area contributed by atoms with Gasteiger partial charge in [-0.3, -0.25) is 14.5 Å². The van der Waals surface area contributed by atoms with Crippen molar-refractivity contribution in [3.63, 3.8) is 0 Å². The first-order valence-electron chi connectivity index (χ1n) is 8.65. The van der Waals surface area contributed by atoms with Gasteiger partial charge in [0.2, 0.25) is 5.91 Å². The number of hydrogen-bond acceptors (Lipinski definition) is 4. The molecule has 5 nitrogen and oxygen atoms in total. The van der Waals surface area contributed by atoms with E-state index in [4.69, 9.17) is 11.6 Å². The molecule has 1 N–H and O–H groups in total. The second kappa shape index (κ2) is 9.74. The van der Waals surface area contributed by atoms with E-state index in [-0.39, 0.29) is 24.1 Å². The monoisotopic (exact) mass is 407 g/mol. The Labute approximate surface area is 170 Å². The Bertz CT molecular complexity index is 788. The number of anilines is 2. The van der Waals surface area contributed by atoms with E-state index < -0.39 is 0 Å². The van der Waals surface area contributed by atoms with Gasteiger partial charge in [0.05, 0.1) is 6.54 Å². The van der Waals surface area contributed by atoms with Gasteiger partial charge in [-0.05, 0) is 49.4 Å². The summed E-state index contributed by atoms with van der Waals surface area (Å²) < 4.78 is 0. The van der Waals surface area contributed by atoms with E-state index in [2.05, 4.69) is 21.2 Å². The molecule has 2 aromatic carbocycles. The summed E-state index contributed by atoms with van der Waals surface area (Å²) in [6.07, 6.45) is 0. The van der Waals surface area contributed by atoms with Crippen LogP contribution in [0.5, 0.6) is 0 Å². The summed E-state index contributed by atoms with van der Waals surface area (Å²) in [7, 11) is 0. The molecule has 0 unspecified atom stereocenters. The number of Topliss-reactive ketones (excluding diaryl/α,β-unsaturated/α-hetero) is 1. The zero-order valence-electron chi connectivity index (χ0n) is 15.2. The minimum absolute atomic E-state index is 0. The van der Waals surface area contributed by atoms with Crippen LogP contribution in [0.15, 0.2) is 48.5 Å². The van der Waals surface area contributed by atoms with Crippen LogP contribution in [-0.4, -0.2) is 49.3 Å². The summed E-state index contributed by atoms with van der Waals surface area (Å²) in [6, 6.07) is 14.8. The minimum atomic E-state index is -0.0446. The van der Waals surface area contributed by atoms with Crippen LogP contribution in [0.25, 0.3) is 0 Å². The highest BCUT2D eigenvalue weighted by Crippen LogP contribution is 2.20. The van der Waals surface area contributed by atoms with Crippen molar-refractivity contribution in [2.75, 3.05) is 42.9 Å².